The van der Waals surface area contributed by atoms with Gasteiger partial charge in [-0.15, -0.1) is 0 Å². The van der Waals surface area contributed by atoms with E-state index in [4.69, 9.17) is 10.5 Å². The number of carbonyl (C=O) groups is 2. The van der Waals surface area contributed by atoms with Crippen LogP contribution in [0.3, 0.4) is 0 Å². The molecule has 23 heavy (non-hydrogen) atoms. The number of aryl methyl sites for hydroxylation is 1. The number of ether oxygens (including phenoxy) is 1. The lowest BCUT2D eigenvalue weighted by molar-refractivity contribution is 0.0976. The van der Waals surface area contributed by atoms with Crippen LogP contribution in [-0.4, -0.2) is 18.2 Å². The molecule has 0 unspecified atom stereocenters. The highest BCUT2D eigenvalue weighted by Gasteiger charge is 2.34. The lowest BCUT2D eigenvalue weighted by atomic mass is 9.82. The molecular weight excluding hydrogens is 290 g/mol. The molecule has 0 aromatic heterocycles. The molecular formula is C19H19NO3. The SMILES string of the molecule is CCCCOc1cc(C)c(N)c2c1C(=O)c1ccccc1C2=O. The quantitative estimate of drug-likeness (QED) is 0.591. The Balaban J connectivity index is 2.20. The van der Waals surface area contributed by atoms with Crippen molar-refractivity contribution in [2.45, 2.75) is 26.7 Å². The maximum Gasteiger partial charge on any atom is 0.198 e. The number of hydrogen-bond donors (Lipinski definition) is 1. The number of nitrogens with two attached hydrogens (primary N) is 1. The van der Waals surface area contributed by atoms with Crippen molar-refractivity contribution in [1.82, 2.24) is 0 Å². The summed E-state index contributed by atoms with van der Waals surface area (Å²) in [5.74, 6) is 0.0399. The number of ketones is 2. The van der Waals surface area contributed by atoms with Crippen LogP contribution in [0.25, 0.3) is 0 Å². The highest BCUT2D eigenvalue weighted by Crippen LogP contribution is 2.38. The Morgan fingerprint density at radius 3 is 2.26 bits per heavy atom. The average molecular weight is 309 g/mol. The van der Waals surface area contributed by atoms with Gasteiger partial charge in [0.25, 0.3) is 0 Å². The summed E-state index contributed by atoms with van der Waals surface area (Å²) in [6, 6.07) is 8.59. The van der Waals surface area contributed by atoms with Crippen molar-refractivity contribution in [2.75, 3.05) is 12.3 Å². The van der Waals surface area contributed by atoms with Gasteiger partial charge in [0.15, 0.2) is 11.6 Å². The van der Waals surface area contributed by atoms with Gasteiger partial charge in [-0.25, -0.2) is 0 Å². The largest absolute Gasteiger partial charge is 0.493 e. The molecule has 4 nitrogen and oxygen atoms in total. The lowest BCUT2D eigenvalue weighted by Crippen LogP contribution is -2.24. The molecule has 0 heterocycles. The van der Waals surface area contributed by atoms with E-state index in [1.165, 1.54) is 0 Å². The summed E-state index contributed by atoms with van der Waals surface area (Å²) in [6.07, 6.45) is 1.88. The second kappa shape index (κ2) is 5.88. The minimum absolute atomic E-state index is 0.201. The predicted octanol–water partition coefficient (Wildman–Crippen LogP) is 3.53. The van der Waals surface area contributed by atoms with E-state index < -0.39 is 0 Å². The zero-order valence-electron chi connectivity index (χ0n) is 13.3. The van der Waals surface area contributed by atoms with Gasteiger partial charge in [-0.2, -0.15) is 0 Å². The van der Waals surface area contributed by atoms with Crippen molar-refractivity contribution in [2.24, 2.45) is 0 Å². The summed E-state index contributed by atoms with van der Waals surface area (Å²) in [4.78, 5) is 25.7. The van der Waals surface area contributed by atoms with E-state index in [-0.39, 0.29) is 17.1 Å². The molecule has 0 spiro atoms. The Kier molecular flexibility index (Phi) is 3.90. The number of nitrogen functional groups attached to an aromatic ring is 1. The number of anilines is 1. The Hall–Kier alpha value is -2.62. The number of carbonyl (C=O) groups excluding carboxylic acids is 2. The Bertz CT molecular complexity index is 809. The lowest BCUT2D eigenvalue weighted by Gasteiger charge is -2.23. The molecule has 4 heteroatoms. The number of unbranched alkanes of at least 4 members (excludes halogenated alkanes) is 1. The number of benzene rings is 2. The monoisotopic (exact) mass is 309 g/mol. The molecule has 0 saturated heterocycles. The highest BCUT2D eigenvalue weighted by atomic mass is 16.5. The molecule has 2 aromatic carbocycles. The van der Waals surface area contributed by atoms with Crippen molar-refractivity contribution in [3.05, 3.63) is 58.1 Å². The van der Waals surface area contributed by atoms with Gasteiger partial charge >= 0.3 is 0 Å². The van der Waals surface area contributed by atoms with Crippen LogP contribution in [0, 0.1) is 6.92 Å². The predicted molar refractivity (Wildman–Crippen MR) is 89.3 cm³/mol. The minimum Gasteiger partial charge on any atom is -0.493 e. The van der Waals surface area contributed by atoms with Crippen LogP contribution in [0.4, 0.5) is 5.69 Å². The van der Waals surface area contributed by atoms with E-state index in [0.717, 1.165) is 18.4 Å². The van der Waals surface area contributed by atoms with Gasteiger partial charge in [0, 0.05) is 16.8 Å². The second-order valence-corrected chi connectivity index (χ2v) is 5.76. The molecule has 0 saturated carbocycles. The molecule has 0 amide bonds. The van der Waals surface area contributed by atoms with Crippen LogP contribution in [0.15, 0.2) is 30.3 Å². The van der Waals surface area contributed by atoms with Crippen LogP contribution in [0.5, 0.6) is 5.75 Å². The van der Waals surface area contributed by atoms with Gasteiger partial charge < -0.3 is 10.5 Å². The topological polar surface area (TPSA) is 69.4 Å². The fraction of sp³-hybridized carbons (Fsp3) is 0.263. The summed E-state index contributed by atoms with van der Waals surface area (Å²) >= 11 is 0. The summed E-state index contributed by atoms with van der Waals surface area (Å²) in [5, 5.41) is 0. The third kappa shape index (κ3) is 2.40. The highest BCUT2D eigenvalue weighted by molar-refractivity contribution is 6.31. The minimum atomic E-state index is -0.211. The molecule has 0 radical (unpaired) electrons. The second-order valence-electron chi connectivity index (χ2n) is 5.76. The van der Waals surface area contributed by atoms with Crippen LogP contribution in [0.2, 0.25) is 0 Å². The molecule has 1 aliphatic rings. The van der Waals surface area contributed by atoms with Crippen molar-refractivity contribution in [3.63, 3.8) is 0 Å². The first-order valence-corrected chi connectivity index (χ1v) is 7.80. The average Bonchev–Trinajstić information content (AvgIpc) is 2.56. The fourth-order valence-corrected chi connectivity index (χ4v) is 2.85. The van der Waals surface area contributed by atoms with Gasteiger partial charge in [-0.3, -0.25) is 9.59 Å². The molecule has 118 valence electrons. The maximum atomic E-state index is 12.9. The van der Waals surface area contributed by atoms with Crippen LogP contribution < -0.4 is 10.5 Å². The van der Waals surface area contributed by atoms with E-state index in [9.17, 15) is 9.59 Å². The number of hydrogen-bond acceptors (Lipinski definition) is 4. The van der Waals surface area contributed by atoms with Crippen molar-refractivity contribution in [1.29, 1.82) is 0 Å². The third-order valence-corrected chi connectivity index (χ3v) is 4.16. The first-order valence-electron chi connectivity index (χ1n) is 7.80. The Labute approximate surface area is 135 Å². The molecule has 0 fully saturated rings. The molecule has 0 aliphatic heterocycles. The van der Waals surface area contributed by atoms with Crippen LogP contribution in [0.1, 0.15) is 57.2 Å². The van der Waals surface area contributed by atoms with E-state index in [2.05, 4.69) is 6.92 Å². The summed E-state index contributed by atoms with van der Waals surface area (Å²) in [7, 11) is 0. The standard InChI is InChI=1S/C19H19NO3/c1-3-4-9-23-14-10-11(2)17(20)16-15(14)18(21)12-7-5-6-8-13(12)19(16)22/h5-8,10H,3-4,9,20H2,1-2H3. The van der Waals surface area contributed by atoms with Gasteiger partial charge in [0.2, 0.25) is 0 Å². The van der Waals surface area contributed by atoms with E-state index >= 15 is 0 Å². The van der Waals surface area contributed by atoms with E-state index in [1.54, 1.807) is 30.3 Å². The molecule has 0 atom stereocenters. The van der Waals surface area contributed by atoms with E-state index in [0.29, 0.717) is 34.7 Å². The summed E-state index contributed by atoms with van der Waals surface area (Å²) in [6.45, 7) is 4.40. The molecule has 3 rings (SSSR count). The van der Waals surface area contributed by atoms with E-state index in [1.807, 2.05) is 6.92 Å². The molecule has 2 N–H and O–H groups in total. The maximum absolute atomic E-state index is 12.9. The smallest absolute Gasteiger partial charge is 0.198 e. The molecule has 0 bridgehead atoms. The first kappa shape index (κ1) is 15.3. The summed E-state index contributed by atoms with van der Waals surface area (Å²) < 4.78 is 5.79. The zero-order chi connectivity index (χ0) is 16.6. The first-order chi connectivity index (χ1) is 11.1. The van der Waals surface area contributed by atoms with Gasteiger partial charge in [-0.05, 0) is 25.0 Å². The summed E-state index contributed by atoms with van der Waals surface area (Å²) in [5.41, 5.74) is 8.60. The van der Waals surface area contributed by atoms with Gasteiger partial charge in [0.05, 0.1) is 17.7 Å². The number of rotatable bonds is 4. The van der Waals surface area contributed by atoms with Crippen LogP contribution >= 0.6 is 0 Å². The van der Waals surface area contributed by atoms with Crippen molar-refractivity contribution < 1.29 is 14.3 Å². The van der Waals surface area contributed by atoms with Crippen molar-refractivity contribution >= 4 is 17.3 Å². The fourth-order valence-electron chi connectivity index (χ4n) is 2.85. The third-order valence-electron chi connectivity index (χ3n) is 4.16. The molecule has 1 aliphatic carbocycles. The van der Waals surface area contributed by atoms with Gasteiger partial charge in [0.1, 0.15) is 5.75 Å². The Morgan fingerprint density at radius 2 is 1.65 bits per heavy atom. The van der Waals surface area contributed by atoms with Crippen molar-refractivity contribution in [3.8, 4) is 5.75 Å². The Morgan fingerprint density at radius 1 is 1.04 bits per heavy atom. The van der Waals surface area contributed by atoms with Crippen LogP contribution in [-0.2, 0) is 0 Å². The normalized spacial score (nSPS) is 12.8. The molecule has 2 aromatic rings. The zero-order valence-corrected chi connectivity index (χ0v) is 13.3. The van der Waals surface area contributed by atoms with Gasteiger partial charge in [-0.1, -0.05) is 37.6 Å². The number of fused-ring (bicyclic) bond motifs is 2.